The Labute approximate surface area is 106 Å². The van der Waals surface area contributed by atoms with E-state index in [1.54, 1.807) is 0 Å². The Morgan fingerprint density at radius 3 is 2.56 bits per heavy atom. The highest BCUT2D eigenvalue weighted by Crippen LogP contribution is 2.25. The minimum atomic E-state index is -3.63. The van der Waals surface area contributed by atoms with Gasteiger partial charge in [0, 0.05) is 6.54 Å². The Balaban J connectivity index is 2.36. The molecule has 18 heavy (non-hydrogen) atoms. The minimum absolute atomic E-state index is 0.121. The number of carbonyl (C=O) groups is 1. The molecule has 0 aliphatic carbocycles. The molecule has 1 fully saturated rings. The van der Waals surface area contributed by atoms with Crippen molar-refractivity contribution in [2.45, 2.75) is 23.8 Å². The predicted molar refractivity (Wildman–Crippen MR) is 64.1 cm³/mol. The van der Waals surface area contributed by atoms with E-state index in [0.29, 0.717) is 31.2 Å². The van der Waals surface area contributed by atoms with Gasteiger partial charge >= 0.3 is 0 Å². The fraction of sp³-hybridized carbons (Fsp3) is 0.333. The highest BCUT2D eigenvalue weighted by molar-refractivity contribution is 7.89. The average molecular weight is 264 g/mol. The van der Waals surface area contributed by atoms with Crippen LogP contribution in [0.25, 0.3) is 0 Å². The molecular weight excluding hydrogens is 252 g/mol. The smallest absolute Gasteiger partial charge is 0.243 e. The summed E-state index contributed by atoms with van der Waals surface area (Å²) in [6, 6.07) is 7.07. The fourth-order valence-electron chi connectivity index (χ4n) is 2.04. The number of hydrogen-bond acceptors (Lipinski definition) is 4. The monoisotopic (exact) mass is 264 g/mol. The van der Waals surface area contributed by atoms with Gasteiger partial charge in [0.25, 0.3) is 0 Å². The van der Waals surface area contributed by atoms with Crippen LogP contribution in [0.4, 0.5) is 0 Å². The van der Waals surface area contributed by atoms with Crippen LogP contribution in [0, 0.1) is 11.3 Å². The van der Waals surface area contributed by atoms with E-state index >= 15 is 0 Å². The van der Waals surface area contributed by atoms with Gasteiger partial charge in [0.15, 0.2) is 0 Å². The largest absolute Gasteiger partial charge is 0.302 e. The van der Waals surface area contributed by atoms with Crippen molar-refractivity contribution in [3.8, 4) is 6.07 Å². The zero-order valence-electron chi connectivity index (χ0n) is 9.61. The maximum absolute atomic E-state index is 12.3. The molecule has 6 heteroatoms. The van der Waals surface area contributed by atoms with Crippen LogP contribution in [-0.2, 0) is 14.8 Å². The Bertz CT molecular complexity index is 587. The Hall–Kier alpha value is -1.71. The van der Waals surface area contributed by atoms with Crippen LogP contribution >= 0.6 is 0 Å². The van der Waals surface area contributed by atoms with Crippen LogP contribution in [0.5, 0.6) is 0 Å². The predicted octanol–water partition coefficient (Wildman–Crippen LogP) is 0.910. The second-order valence-corrected chi connectivity index (χ2v) is 5.99. The van der Waals surface area contributed by atoms with Gasteiger partial charge in [0.05, 0.1) is 22.6 Å². The highest BCUT2D eigenvalue weighted by Gasteiger charge is 2.34. The number of nitrogens with zero attached hydrogens (tertiary/aromatic N) is 2. The third kappa shape index (κ3) is 2.15. The number of sulfonamides is 1. The molecule has 0 unspecified atom stereocenters. The first-order valence-electron chi connectivity index (χ1n) is 5.57. The molecule has 0 bridgehead atoms. The molecule has 1 aromatic carbocycles. The molecule has 94 valence electrons. The van der Waals surface area contributed by atoms with E-state index in [-0.39, 0.29) is 4.90 Å². The van der Waals surface area contributed by atoms with E-state index in [1.807, 2.05) is 6.07 Å². The molecule has 1 heterocycles. The molecule has 0 N–H and O–H groups in total. The Morgan fingerprint density at radius 2 is 2.00 bits per heavy atom. The summed E-state index contributed by atoms with van der Waals surface area (Å²) in [6.07, 6.45) is 1.94. The second-order valence-electron chi connectivity index (χ2n) is 4.10. The van der Waals surface area contributed by atoms with Gasteiger partial charge in [-0.3, -0.25) is 0 Å². The topological polar surface area (TPSA) is 78.2 Å². The van der Waals surface area contributed by atoms with Crippen molar-refractivity contribution in [1.29, 1.82) is 5.26 Å². The molecule has 1 saturated heterocycles. The first-order valence-corrected chi connectivity index (χ1v) is 7.01. The van der Waals surface area contributed by atoms with Crippen molar-refractivity contribution in [2.24, 2.45) is 0 Å². The van der Waals surface area contributed by atoms with Gasteiger partial charge < -0.3 is 4.79 Å². The third-order valence-corrected chi connectivity index (χ3v) is 4.93. The third-order valence-electron chi connectivity index (χ3n) is 3.00. The summed E-state index contributed by atoms with van der Waals surface area (Å²) in [5.74, 6) is 0. The summed E-state index contributed by atoms with van der Waals surface area (Å²) in [5.41, 5.74) is 0.405. The normalized spacial score (nSPS) is 20.5. The summed E-state index contributed by atoms with van der Waals surface area (Å²) in [5, 5.41) is 8.67. The van der Waals surface area contributed by atoms with Gasteiger partial charge in [-0.2, -0.15) is 9.57 Å². The fourth-order valence-corrected chi connectivity index (χ4v) is 3.67. The zero-order chi connectivity index (χ0) is 13.2. The molecule has 1 aliphatic rings. The lowest BCUT2D eigenvalue weighted by Gasteiger charge is -2.19. The summed E-state index contributed by atoms with van der Waals surface area (Å²) in [6.45, 7) is 0.367. The van der Waals surface area contributed by atoms with Crippen LogP contribution in [0.3, 0.4) is 0 Å². The van der Waals surface area contributed by atoms with E-state index in [4.69, 9.17) is 5.26 Å². The van der Waals surface area contributed by atoms with Gasteiger partial charge in [0.2, 0.25) is 10.0 Å². The maximum Gasteiger partial charge on any atom is 0.243 e. The van der Waals surface area contributed by atoms with E-state index in [9.17, 15) is 13.2 Å². The summed E-state index contributed by atoms with van der Waals surface area (Å²) in [4.78, 5) is 11.0. The van der Waals surface area contributed by atoms with Crippen LogP contribution in [-0.4, -0.2) is 31.6 Å². The number of carbonyl (C=O) groups excluding carboxylic acids is 1. The molecule has 2 rings (SSSR count). The van der Waals surface area contributed by atoms with Crippen molar-refractivity contribution in [2.75, 3.05) is 6.54 Å². The molecule has 5 nitrogen and oxygen atoms in total. The van der Waals surface area contributed by atoms with Crippen LogP contribution in [0.15, 0.2) is 29.2 Å². The molecule has 0 amide bonds. The van der Waals surface area contributed by atoms with Gasteiger partial charge in [0.1, 0.15) is 6.29 Å². The standard InChI is InChI=1S/C12H12N2O3S/c13-8-10-3-5-12(6-4-10)18(16,17)14-7-1-2-11(14)9-15/h3-6,9,11H,1-2,7H2/t11-/m1/s1. The maximum atomic E-state index is 12.3. The molecule has 1 aromatic rings. The molecule has 0 saturated carbocycles. The molecule has 0 aromatic heterocycles. The van der Waals surface area contributed by atoms with Gasteiger partial charge in [-0.25, -0.2) is 8.42 Å². The van der Waals surface area contributed by atoms with Crippen molar-refractivity contribution in [3.63, 3.8) is 0 Å². The number of hydrogen-bond donors (Lipinski definition) is 0. The first-order chi connectivity index (χ1) is 8.59. The van der Waals surface area contributed by atoms with E-state index in [1.165, 1.54) is 28.6 Å². The van der Waals surface area contributed by atoms with Crippen molar-refractivity contribution in [1.82, 2.24) is 4.31 Å². The Morgan fingerprint density at radius 1 is 1.33 bits per heavy atom. The molecular formula is C12H12N2O3S. The van der Waals surface area contributed by atoms with E-state index in [2.05, 4.69) is 0 Å². The highest BCUT2D eigenvalue weighted by atomic mass is 32.2. The van der Waals surface area contributed by atoms with Crippen molar-refractivity contribution >= 4 is 16.3 Å². The van der Waals surface area contributed by atoms with Crippen molar-refractivity contribution in [3.05, 3.63) is 29.8 Å². The quantitative estimate of drug-likeness (QED) is 0.760. The molecule has 0 radical (unpaired) electrons. The van der Waals surface area contributed by atoms with Gasteiger partial charge in [-0.1, -0.05) is 0 Å². The van der Waals surface area contributed by atoms with Crippen LogP contribution < -0.4 is 0 Å². The lowest BCUT2D eigenvalue weighted by molar-refractivity contribution is -0.110. The zero-order valence-corrected chi connectivity index (χ0v) is 10.4. The average Bonchev–Trinajstić information content (AvgIpc) is 2.88. The number of nitriles is 1. The summed E-state index contributed by atoms with van der Waals surface area (Å²) < 4.78 is 25.8. The second kappa shape index (κ2) is 4.88. The number of rotatable bonds is 3. The number of benzene rings is 1. The molecule has 1 aliphatic heterocycles. The van der Waals surface area contributed by atoms with Gasteiger partial charge in [-0.15, -0.1) is 0 Å². The van der Waals surface area contributed by atoms with Crippen LogP contribution in [0.1, 0.15) is 18.4 Å². The molecule has 0 spiro atoms. The summed E-state index contributed by atoms with van der Waals surface area (Å²) in [7, 11) is -3.63. The van der Waals surface area contributed by atoms with E-state index in [0.717, 1.165) is 0 Å². The minimum Gasteiger partial charge on any atom is -0.302 e. The lowest BCUT2D eigenvalue weighted by Crippen LogP contribution is -2.36. The first kappa shape index (κ1) is 12.7. The molecule has 1 atom stereocenters. The Kier molecular flexibility index (Phi) is 3.45. The number of aldehydes is 1. The van der Waals surface area contributed by atoms with E-state index < -0.39 is 16.1 Å². The lowest BCUT2D eigenvalue weighted by atomic mass is 10.2. The van der Waals surface area contributed by atoms with Crippen molar-refractivity contribution < 1.29 is 13.2 Å². The van der Waals surface area contributed by atoms with Crippen LogP contribution in [0.2, 0.25) is 0 Å². The van der Waals surface area contributed by atoms with Gasteiger partial charge in [-0.05, 0) is 37.1 Å². The SMILES string of the molecule is N#Cc1ccc(S(=O)(=O)N2CCC[C@@H]2C=O)cc1. The summed E-state index contributed by atoms with van der Waals surface area (Å²) >= 11 is 0.